The highest BCUT2D eigenvalue weighted by atomic mass is 32.2. The second-order valence-corrected chi connectivity index (χ2v) is 4.52. The summed E-state index contributed by atoms with van der Waals surface area (Å²) in [6.07, 6.45) is 4.56. The third kappa shape index (κ3) is 2.22. The van der Waals surface area contributed by atoms with Crippen molar-refractivity contribution in [3.8, 4) is 0 Å². The maximum absolute atomic E-state index is 11.6. The van der Waals surface area contributed by atoms with Crippen LogP contribution in [0.15, 0.2) is 29.7 Å². The van der Waals surface area contributed by atoms with E-state index in [0.29, 0.717) is 5.82 Å². The molecule has 7 nitrogen and oxygen atoms in total. The first kappa shape index (κ1) is 9.87. The van der Waals surface area contributed by atoms with Crippen molar-refractivity contribution in [3.05, 3.63) is 30.5 Å². The van der Waals surface area contributed by atoms with Crippen LogP contribution in [0.3, 0.4) is 0 Å². The summed E-state index contributed by atoms with van der Waals surface area (Å²) >= 11 is 0. The zero-order valence-electron chi connectivity index (χ0n) is 7.64. The predicted molar refractivity (Wildman–Crippen MR) is 51.2 cm³/mol. The first-order chi connectivity index (χ1) is 7.18. The van der Waals surface area contributed by atoms with E-state index >= 15 is 0 Å². The molecule has 0 aromatic carbocycles. The van der Waals surface area contributed by atoms with Gasteiger partial charge in [-0.3, -0.25) is 5.10 Å². The molecule has 0 bridgehead atoms. The Balaban J connectivity index is 2.06. The van der Waals surface area contributed by atoms with E-state index < -0.39 is 10.0 Å². The summed E-state index contributed by atoms with van der Waals surface area (Å²) < 4.78 is 25.5. The van der Waals surface area contributed by atoms with Crippen LogP contribution in [0.5, 0.6) is 0 Å². The minimum absolute atomic E-state index is 0.0362. The predicted octanol–water partition coefficient (Wildman–Crippen LogP) is -0.389. The third-order valence-corrected chi connectivity index (χ3v) is 3.08. The van der Waals surface area contributed by atoms with E-state index in [2.05, 4.69) is 24.9 Å². The molecule has 0 atom stereocenters. The first-order valence-corrected chi connectivity index (χ1v) is 5.64. The van der Waals surface area contributed by atoms with E-state index in [1.165, 1.54) is 12.3 Å². The maximum atomic E-state index is 11.6. The second-order valence-electron chi connectivity index (χ2n) is 2.78. The summed E-state index contributed by atoms with van der Waals surface area (Å²) in [7, 11) is -3.52. The smallest absolute Gasteiger partial charge is 0.257 e. The third-order valence-electron chi connectivity index (χ3n) is 1.75. The molecule has 0 radical (unpaired) electrons. The second kappa shape index (κ2) is 3.83. The van der Waals surface area contributed by atoms with Gasteiger partial charge in [0.15, 0.2) is 5.03 Å². The van der Waals surface area contributed by atoms with Gasteiger partial charge in [-0.15, -0.1) is 0 Å². The molecule has 0 saturated carbocycles. The number of rotatable bonds is 4. The Labute approximate surface area is 86.0 Å². The molecule has 0 aliphatic rings. The van der Waals surface area contributed by atoms with E-state index in [1.807, 2.05) is 0 Å². The average Bonchev–Trinajstić information content (AvgIpc) is 2.88. The molecule has 3 N–H and O–H groups in total. The Bertz CT molecular complexity index is 502. The van der Waals surface area contributed by atoms with E-state index in [-0.39, 0.29) is 11.6 Å². The van der Waals surface area contributed by atoms with E-state index in [0.717, 1.165) is 0 Å². The van der Waals surface area contributed by atoms with Gasteiger partial charge in [0.25, 0.3) is 10.0 Å². The van der Waals surface area contributed by atoms with Crippen molar-refractivity contribution in [2.75, 3.05) is 0 Å². The van der Waals surface area contributed by atoms with Gasteiger partial charge in [-0.1, -0.05) is 0 Å². The van der Waals surface area contributed by atoms with Crippen LogP contribution in [-0.2, 0) is 16.6 Å². The Hall–Kier alpha value is -1.67. The van der Waals surface area contributed by atoms with Crippen LogP contribution in [-0.4, -0.2) is 28.6 Å². The molecule has 0 aliphatic heterocycles. The molecule has 0 aliphatic carbocycles. The lowest BCUT2D eigenvalue weighted by Gasteiger charge is -2.01. The van der Waals surface area contributed by atoms with Gasteiger partial charge in [-0.25, -0.2) is 18.1 Å². The van der Waals surface area contributed by atoms with Gasteiger partial charge in [-0.05, 0) is 6.07 Å². The number of hydrogen-bond donors (Lipinski definition) is 3. The van der Waals surface area contributed by atoms with Crippen LogP contribution < -0.4 is 4.72 Å². The molecule has 15 heavy (non-hydrogen) atoms. The molecule has 2 rings (SSSR count). The fourth-order valence-corrected chi connectivity index (χ4v) is 1.92. The molecule has 0 fully saturated rings. The zero-order valence-corrected chi connectivity index (χ0v) is 8.45. The quantitative estimate of drug-likeness (QED) is 0.661. The van der Waals surface area contributed by atoms with Gasteiger partial charge in [0.05, 0.1) is 12.7 Å². The van der Waals surface area contributed by atoms with Gasteiger partial charge in [-0.2, -0.15) is 5.10 Å². The number of imidazole rings is 1. The van der Waals surface area contributed by atoms with Crippen LogP contribution in [0.1, 0.15) is 5.82 Å². The summed E-state index contributed by atoms with van der Waals surface area (Å²) in [6.45, 7) is 0.119. The molecule has 8 heteroatoms. The molecule has 0 unspecified atom stereocenters. The van der Waals surface area contributed by atoms with Crippen molar-refractivity contribution >= 4 is 10.0 Å². The average molecular weight is 227 g/mol. The van der Waals surface area contributed by atoms with Crippen LogP contribution in [0.4, 0.5) is 0 Å². The SMILES string of the molecule is O=S(=O)(NCc1ncc[nH]1)c1ccn[nH]1. The molecular weight excluding hydrogens is 218 g/mol. The van der Waals surface area contributed by atoms with Gasteiger partial charge >= 0.3 is 0 Å². The highest BCUT2D eigenvalue weighted by Crippen LogP contribution is 2.02. The number of H-pyrrole nitrogens is 2. The highest BCUT2D eigenvalue weighted by Gasteiger charge is 2.14. The lowest BCUT2D eigenvalue weighted by molar-refractivity contribution is 0.575. The Morgan fingerprint density at radius 2 is 2.27 bits per heavy atom. The van der Waals surface area contributed by atoms with Crippen molar-refractivity contribution in [1.29, 1.82) is 0 Å². The van der Waals surface area contributed by atoms with Crippen molar-refractivity contribution in [1.82, 2.24) is 24.9 Å². The van der Waals surface area contributed by atoms with Crippen molar-refractivity contribution in [2.24, 2.45) is 0 Å². The topological polar surface area (TPSA) is 104 Å². The van der Waals surface area contributed by atoms with Gasteiger partial charge in [0, 0.05) is 12.4 Å². The number of aromatic amines is 2. The Morgan fingerprint density at radius 3 is 2.87 bits per heavy atom. The summed E-state index contributed by atoms with van der Waals surface area (Å²) in [6, 6.07) is 1.38. The van der Waals surface area contributed by atoms with Crippen LogP contribution in [0.2, 0.25) is 0 Å². The number of nitrogens with one attached hydrogen (secondary N) is 3. The van der Waals surface area contributed by atoms with Crippen molar-refractivity contribution in [2.45, 2.75) is 11.6 Å². The molecule has 2 aromatic heterocycles. The molecule has 2 heterocycles. The van der Waals surface area contributed by atoms with Gasteiger partial charge in [0.2, 0.25) is 0 Å². The summed E-state index contributed by atoms with van der Waals surface area (Å²) in [5.41, 5.74) is 0. The summed E-state index contributed by atoms with van der Waals surface area (Å²) in [5, 5.41) is 5.98. The molecule has 80 valence electrons. The number of sulfonamides is 1. The molecule has 2 aromatic rings. The minimum Gasteiger partial charge on any atom is -0.347 e. The number of hydrogen-bond acceptors (Lipinski definition) is 4. The largest absolute Gasteiger partial charge is 0.347 e. The fourth-order valence-electron chi connectivity index (χ4n) is 1.03. The van der Waals surface area contributed by atoms with E-state index in [1.54, 1.807) is 12.4 Å². The summed E-state index contributed by atoms with van der Waals surface area (Å²) in [5.74, 6) is 0.554. The van der Waals surface area contributed by atoms with E-state index in [9.17, 15) is 8.42 Å². The molecule has 0 spiro atoms. The van der Waals surface area contributed by atoms with Crippen molar-refractivity contribution in [3.63, 3.8) is 0 Å². The molecular formula is C7H9N5O2S. The monoisotopic (exact) mass is 227 g/mol. The summed E-state index contributed by atoms with van der Waals surface area (Å²) in [4.78, 5) is 6.68. The van der Waals surface area contributed by atoms with E-state index in [4.69, 9.17) is 0 Å². The van der Waals surface area contributed by atoms with Crippen LogP contribution in [0.25, 0.3) is 0 Å². The first-order valence-electron chi connectivity index (χ1n) is 4.16. The normalized spacial score (nSPS) is 11.7. The maximum Gasteiger partial charge on any atom is 0.257 e. The molecule has 0 saturated heterocycles. The lowest BCUT2D eigenvalue weighted by Crippen LogP contribution is -2.24. The van der Waals surface area contributed by atoms with Crippen LogP contribution >= 0.6 is 0 Å². The minimum atomic E-state index is -3.52. The Kier molecular flexibility index (Phi) is 2.52. The van der Waals surface area contributed by atoms with Gasteiger partial charge < -0.3 is 4.98 Å². The van der Waals surface area contributed by atoms with Crippen LogP contribution in [0, 0.1) is 0 Å². The highest BCUT2D eigenvalue weighted by molar-refractivity contribution is 7.89. The number of nitrogens with zero attached hydrogens (tertiary/aromatic N) is 2. The number of aromatic nitrogens is 4. The zero-order chi connectivity index (χ0) is 10.7. The standard InChI is InChI=1S/C7H9N5O2S/c13-15(14,7-1-2-10-12-7)11-5-6-8-3-4-9-6/h1-4,11H,5H2,(H,8,9)(H,10,12). The fraction of sp³-hybridized carbons (Fsp3) is 0.143. The Morgan fingerprint density at radius 1 is 1.40 bits per heavy atom. The molecule has 0 amide bonds. The lowest BCUT2D eigenvalue weighted by atomic mass is 10.6. The van der Waals surface area contributed by atoms with Crippen molar-refractivity contribution < 1.29 is 8.42 Å². The van der Waals surface area contributed by atoms with Gasteiger partial charge in [0.1, 0.15) is 5.82 Å².